The number of nitrogens with zero attached hydrogens (tertiary/aromatic N) is 7. The number of fused-ring (bicyclic) bond motifs is 1. The Hall–Kier alpha value is -2.61. The summed E-state index contributed by atoms with van der Waals surface area (Å²) in [6, 6.07) is 1.74. The summed E-state index contributed by atoms with van der Waals surface area (Å²) in [5, 5.41) is 17.7. The first-order chi connectivity index (χ1) is 14.4. The molecule has 2 fully saturated rings. The Morgan fingerprint density at radius 2 is 1.73 bits per heavy atom. The highest BCUT2D eigenvalue weighted by molar-refractivity contribution is 7.17. The van der Waals surface area contributed by atoms with E-state index in [1.165, 1.54) is 12.4 Å². The number of aromatic hydroxyl groups is 1. The summed E-state index contributed by atoms with van der Waals surface area (Å²) in [5.74, 6) is 1.85. The van der Waals surface area contributed by atoms with E-state index in [4.69, 9.17) is 0 Å². The van der Waals surface area contributed by atoms with Crippen molar-refractivity contribution in [3.63, 3.8) is 0 Å². The summed E-state index contributed by atoms with van der Waals surface area (Å²) < 4.78 is 31.0. The van der Waals surface area contributed by atoms with E-state index in [1.807, 2.05) is 9.80 Å². The van der Waals surface area contributed by atoms with Crippen molar-refractivity contribution in [2.45, 2.75) is 24.9 Å². The minimum atomic E-state index is -3.13. The van der Waals surface area contributed by atoms with Crippen LogP contribution in [-0.4, -0.2) is 55.9 Å². The minimum Gasteiger partial charge on any atom is -0.505 e. The van der Waals surface area contributed by atoms with Crippen molar-refractivity contribution < 1.29 is 13.9 Å². The second-order valence-corrected chi connectivity index (χ2v) is 8.60. The maximum absolute atomic E-state index is 14.7. The predicted molar refractivity (Wildman–Crippen MR) is 111 cm³/mol. The van der Waals surface area contributed by atoms with Gasteiger partial charge in [-0.05, 0) is 24.8 Å². The van der Waals surface area contributed by atoms with Gasteiger partial charge in [0.2, 0.25) is 5.95 Å². The van der Waals surface area contributed by atoms with Crippen LogP contribution in [0.5, 0.6) is 5.75 Å². The number of pyridine rings is 1. The highest BCUT2D eigenvalue weighted by Crippen LogP contribution is 2.43. The topological polar surface area (TPSA) is 82.7 Å². The lowest BCUT2D eigenvalue weighted by molar-refractivity contribution is 0.105. The monoisotopic (exact) mass is 433 g/mol. The van der Waals surface area contributed by atoms with Crippen LogP contribution in [0.3, 0.4) is 0 Å². The molecule has 30 heavy (non-hydrogen) atoms. The van der Waals surface area contributed by atoms with Crippen molar-refractivity contribution >= 4 is 26.5 Å². The molecule has 1 atom stereocenters. The smallest absolute Gasteiger partial charge is 0.289 e. The normalized spacial score (nSPS) is 17.7. The van der Waals surface area contributed by atoms with Crippen molar-refractivity contribution in [1.29, 1.82) is 0 Å². The molecule has 1 saturated carbocycles. The zero-order chi connectivity index (χ0) is 20.9. The van der Waals surface area contributed by atoms with Crippen LogP contribution in [0.1, 0.15) is 24.2 Å². The molecule has 11 heteroatoms. The van der Waals surface area contributed by atoms with Gasteiger partial charge >= 0.3 is 0 Å². The molecular formula is C19H22F2N7OP. The third-order valence-electron chi connectivity index (χ3n) is 5.66. The van der Waals surface area contributed by atoms with E-state index in [2.05, 4.69) is 20.2 Å². The van der Waals surface area contributed by atoms with Crippen LogP contribution in [0.25, 0.3) is 5.65 Å². The van der Waals surface area contributed by atoms with E-state index < -0.39 is 5.66 Å². The van der Waals surface area contributed by atoms with E-state index in [0.717, 1.165) is 25.1 Å². The van der Waals surface area contributed by atoms with E-state index >= 15 is 0 Å². The van der Waals surface area contributed by atoms with Crippen LogP contribution in [0.2, 0.25) is 0 Å². The van der Waals surface area contributed by atoms with Gasteiger partial charge in [-0.25, -0.2) is 9.97 Å². The lowest BCUT2D eigenvalue weighted by Gasteiger charge is -2.37. The molecular weight excluding hydrogens is 411 g/mol. The molecule has 1 N–H and O–H groups in total. The first-order valence-electron chi connectivity index (χ1n) is 9.95. The first kappa shape index (κ1) is 19.4. The average molecular weight is 433 g/mol. The van der Waals surface area contributed by atoms with E-state index in [1.54, 1.807) is 25.9 Å². The second-order valence-electron chi connectivity index (χ2n) is 7.87. The molecule has 8 nitrogen and oxygen atoms in total. The first-order valence-corrected chi connectivity index (χ1v) is 10.5. The number of hydrogen-bond acceptors (Lipinski definition) is 7. The fraction of sp³-hybridized carbons (Fsp3) is 0.474. The van der Waals surface area contributed by atoms with Gasteiger partial charge in [0, 0.05) is 38.8 Å². The van der Waals surface area contributed by atoms with Crippen LogP contribution in [0.15, 0.2) is 24.7 Å². The van der Waals surface area contributed by atoms with Gasteiger partial charge in [0.1, 0.15) is 5.82 Å². The van der Waals surface area contributed by atoms with Crippen molar-refractivity contribution in [1.82, 2.24) is 24.6 Å². The van der Waals surface area contributed by atoms with Crippen molar-refractivity contribution in [2.24, 2.45) is 5.92 Å². The van der Waals surface area contributed by atoms with Crippen molar-refractivity contribution in [3.8, 4) is 5.75 Å². The Morgan fingerprint density at radius 1 is 1.07 bits per heavy atom. The number of piperazine rings is 1. The third kappa shape index (κ3) is 3.64. The number of anilines is 2. The summed E-state index contributed by atoms with van der Waals surface area (Å²) >= 11 is 0. The Morgan fingerprint density at radius 3 is 2.37 bits per heavy atom. The Kier molecular flexibility index (Phi) is 4.69. The fourth-order valence-corrected chi connectivity index (χ4v) is 4.20. The fourth-order valence-electron chi connectivity index (χ4n) is 3.92. The summed E-state index contributed by atoms with van der Waals surface area (Å²) in [6.07, 6.45) is 7.59. The van der Waals surface area contributed by atoms with Gasteiger partial charge in [-0.2, -0.15) is 8.78 Å². The Labute approximate surface area is 174 Å². The zero-order valence-corrected chi connectivity index (χ0v) is 17.4. The summed E-state index contributed by atoms with van der Waals surface area (Å²) in [7, 11) is 1.65. The maximum atomic E-state index is 14.7. The highest BCUT2D eigenvalue weighted by atomic mass is 31.0. The molecule has 0 spiro atoms. The molecule has 158 valence electrons. The average Bonchev–Trinajstić information content (AvgIpc) is 3.46. The Balaban J connectivity index is 1.43. The molecule has 3 aromatic heterocycles. The summed E-state index contributed by atoms with van der Waals surface area (Å²) in [5.41, 5.74) is -2.55. The van der Waals surface area contributed by atoms with E-state index in [9.17, 15) is 13.9 Å². The quantitative estimate of drug-likeness (QED) is 0.619. The molecule has 1 unspecified atom stereocenters. The lowest BCUT2D eigenvalue weighted by atomic mass is 10.1. The van der Waals surface area contributed by atoms with Gasteiger partial charge in [0.15, 0.2) is 11.4 Å². The maximum Gasteiger partial charge on any atom is 0.289 e. The standard InChI is InChI=1S/C19H22F2N7OP/c20-19(21,30)16-14(3-4-28-15(9-12-1-2-12)24-25-17(16)28)26-5-7-27(8-6-26)18-22-10-13(29)11-23-18/h3-4,10-12,29H,1-2,5-9,30H2. The molecule has 0 aromatic carbocycles. The second kappa shape index (κ2) is 7.27. The largest absolute Gasteiger partial charge is 0.505 e. The van der Waals surface area contributed by atoms with E-state index in [0.29, 0.717) is 43.7 Å². The van der Waals surface area contributed by atoms with Gasteiger partial charge in [-0.3, -0.25) is 4.40 Å². The van der Waals surface area contributed by atoms with Crippen molar-refractivity contribution in [2.75, 3.05) is 36.0 Å². The molecule has 5 rings (SSSR count). The zero-order valence-electron chi connectivity index (χ0n) is 16.2. The number of halogens is 2. The molecule has 1 saturated heterocycles. The SMILES string of the molecule is Oc1cnc(N2CCN(c3ccn4c(CC5CC5)nnc4c3C(F)(F)P)CC2)nc1. The summed E-state index contributed by atoms with van der Waals surface area (Å²) in [4.78, 5) is 12.2. The highest BCUT2D eigenvalue weighted by Gasteiger charge is 2.35. The minimum absolute atomic E-state index is 0.00682. The predicted octanol–water partition coefficient (Wildman–Crippen LogP) is 2.43. The van der Waals surface area contributed by atoms with Crippen LogP contribution in [-0.2, 0) is 12.1 Å². The lowest BCUT2D eigenvalue weighted by Crippen LogP contribution is -2.47. The molecule has 0 bridgehead atoms. The van der Waals surface area contributed by atoms with Crippen LogP contribution in [0.4, 0.5) is 20.4 Å². The van der Waals surface area contributed by atoms with Gasteiger partial charge in [-0.15, -0.1) is 10.2 Å². The van der Waals surface area contributed by atoms with Crippen LogP contribution >= 0.6 is 9.24 Å². The molecule has 1 aliphatic heterocycles. The summed E-state index contributed by atoms with van der Waals surface area (Å²) in [6.45, 7) is 2.24. The molecule has 2 aliphatic rings. The van der Waals surface area contributed by atoms with Gasteiger partial charge in [-0.1, -0.05) is 9.24 Å². The number of hydrogen-bond donors (Lipinski definition) is 1. The van der Waals surface area contributed by atoms with Crippen molar-refractivity contribution in [3.05, 3.63) is 36.0 Å². The number of alkyl halides is 2. The molecule has 4 heterocycles. The Bertz CT molecular complexity index is 1060. The number of aromatic nitrogens is 5. The third-order valence-corrected chi connectivity index (χ3v) is 5.95. The van der Waals surface area contributed by atoms with Crippen LogP contribution < -0.4 is 9.80 Å². The molecule has 3 aromatic rings. The van der Waals surface area contributed by atoms with Crippen LogP contribution in [0, 0.1) is 5.92 Å². The molecule has 1 aliphatic carbocycles. The molecule has 0 radical (unpaired) electrons. The number of rotatable bonds is 5. The van der Waals surface area contributed by atoms with Gasteiger partial charge < -0.3 is 14.9 Å². The van der Waals surface area contributed by atoms with Gasteiger partial charge in [0.05, 0.1) is 23.6 Å². The van der Waals surface area contributed by atoms with E-state index in [-0.39, 0.29) is 17.0 Å². The molecule has 0 amide bonds. The van der Waals surface area contributed by atoms with Gasteiger partial charge in [0.25, 0.3) is 5.66 Å².